The van der Waals surface area contributed by atoms with Gasteiger partial charge in [0.2, 0.25) is 0 Å². The summed E-state index contributed by atoms with van der Waals surface area (Å²) in [5, 5.41) is 0. The summed E-state index contributed by atoms with van der Waals surface area (Å²) in [6.45, 7) is 3.44. The monoisotopic (exact) mass is 355 g/mol. The molecule has 0 atom stereocenters. The number of methoxy groups -OCH3 is 1. The van der Waals surface area contributed by atoms with Gasteiger partial charge in [-0.25, -0.2) is 0 Å². The fourth-order valence-corrected chi connectivity index (χ4v) is 3.00. The zero-order valence-corrected chi connectivity index (χ0v) is 15.3. The molecule has 0 unspecified atom stereocenters. The van der Waals surface area contributed by atoms with E-state index in [0.29, 0.717) is 24.6 Å². The number of hydrogen-bond acceptors (Lipinski definition) is 4. The van der Waals surface area contributed by atoms with Gasteiger partial charge in [-0.05, 0) is 31.2 Å². The lowest BCUT2D eigenvalue weighted by molar-refractivity contribution is -0.135. The number of carbonyl (C=O) groups is 1. The van der Waals surface area contributed by atoms with Crippen LogP contribution in [-0.2, 0) is 4.79 Å². The van der Waals surface area contributed by atoms with E-state index in [4.69, 9.17) is 14.2 Å². The van der Waals surface area contributed by atoms with E-state index in [1.54, 1.807) is 13.2 Å². The number of ether oxygens (including phenoxy) is 3. The highest BCUT2D eigenvalue weighted by atomic mass is 16.5. The second kappa shape index (κ2) is 8.61. The zero-order valence-electron chi connectivity index (χ0n) is 15.3. The molecule has 0 spiro atoms. The molecule has 1 saturated heterocycles. The first-order valence-electron chi connectivity index (χ1n) is 8.92. The van der Waals surface area contributed by atoms with Gasteiger partial charge in [-0.1, -0.05) is 29.8 Å². The molecule has 0 aromatic heterocycles. The number of rotatable bonds is 6. The maximum atomic E-state index is 12.4. The van der Waals surface area contributed by atoms with E-state index >= 15 is 0 Å². The summed E-state index contributed by atoms with van der Waals surface area (Å²) in [5.41, 5.74) is 1.22. The van der Waals surface area contributed by atoms with Crippen molar-refractivity contribution in [2.75, 3.05) is 26.8 Å². The third kappa shape index (κ3) is 4.69. The predicted molar refractivity (Wildman–Crippen MR) is 99.9 cm³/mol. The van der Waals surface area contributed by atoms with E-state index in [0.717, 1.165) is 18.6 Å². The molecule has 2 aromatic carbocycles. The van der Waals surface area contributed by atoms with Crippen LogP contribution in [0.15, 0.2) is 48.5 Å². The minimum Gasteiger partial charge on any atom is -0.493 e. The van der Waals surface area contributed by atoms with E-state index in [-0.39, 0.29) is 18.6 Å². The third-order valence-corrected chi connectivity index (χ3v) is 4.54. The molecule has 0 aliphatic carbocycles. The molecule has 1 aliphatic heterocycles. The van der Waals surface area contributed by atoms with Crippen LogP contribution in [-0.4, -0.2) is 43.7 Å². The first-order chi connectivity index (χ1) is 12.7. The molecule has 0 bridgehead atoms. The van der Waals surface area contributed by atoms with Crippen LogP contribution in [0.3, 0.4) is 0 Å². The van der Waals surface area contributed by atoms with E-state index in [9.17, 15) is 4.79 Å². The van der Waals surface area contributed by atoms with Crippen molar-refractivity contribution < 1.29 is 19.0 Å². The van der Waals surface area contributed by atoms with Gasteiger partial charge < -0.3 is 19.1 Å². The van der Waals surface area contributed by atoms with Crippen LogP contribution < -0.4 is 14.2 Å². The molecule has 2 aromatic rings. The Labute approximate surface area is 154 Å². The third-order valence-electron chi connectivity index (χ3n) is 4.54. The maximum Gasteiger partial charge on any atom is 0.260 e. The van der Waals surface area contributed by atoms with Gasteiger partial charge in [0.15, 0.2) is 18.1 Å². The van der Waals surface area contributed by atoms with E-state index in [1.165, 1.54) is 5.56 Å². The summed E-state index contributed by atoms with van der Waals surface area (Å²) < 4.78 is 16.9. The minimum absolute atomic E-state index is 0.00954. The van der Waals surface area contributed by atoms with Crippen molar-refractivity contribution >= 4 is 5.91 Å². The van der Waals surface area contributed by atoms with Crippen LogP contribution in [0.2, 0.25) is 0 Å². The molecule has 26 heavy (non-hydrogen) atoms. The largest absolute Gasteiger partial charge is 0.493 e. The highest BCUT2D eigenvalue weighted by Gasteiger charge is 2.24. The Morgan fingerprint density at radius 2 is 1.69 bits per heavy atom. The Bertz CT molecular complexity index is 721. The summed E-state index contributed by atoms with van der Waals surface area (Å²) in [7, 11) is 1.59. The average molecular weight is 355 g/mol. The molecule has 1 heterocycles. The molecular formula is C21H25NO4. The SMILES string of the molecule is COc1ccccc1OCC(=O)N1CCC(Oc2ccc(C)cc2)CC1. The topological polar surface area (TPSA) is 48.0 Å². The van der Waals surface area contributed by atoms with Gasteiger partial charge >= 0.3 is 0 Å². The zero-order chi connectivity index (χ0) is 18.4. The molecule has 1 amide bonds. The van der Waals surface area contributed by atoms with E-state index < -0.39 is 0 Å². The Kier molecular flexibility index (Phi) is 6.00. The molecule has 1 fully saturated rings. The number of hydrogen-bond donors (Lipinski definition) is 0. The highest BCUT2D eigenvalue weighted by molar-refractivity contribution is 5.78. The van der Waals surface area contributed by atoms with E-state index in [1.807, 2.05) is 47.4 Å². The van der Waals surface area contributed by atoms with Gasteiger partial charge in [-0.3, -0.25) is 4.79 Å². The van der Waals surface area contributed by atoms with Crippen LogP contribution >= 0.6 is 0 Å². The lowest BCUT2D eigenvalue weighted by Crippen LogP contribution is -2.43. The van der Waals surface area contributed by atoms with Crippen molar-refractivity contribution in [2.45, 2.75) is 25.9 Å². The number of amides is 1. The van der Waals surface area contributed by atoms with E-state index in [2.05, 4.69) is 6.92 Å². The maximum absolute atomic E-state index is 12.4. The van der Waals surface area contributed by atoms with Gasteiger partial charge in [0, 0.05) is 25.9 Å². The standard InChI is InChI=1S/C21H25NO4/c1-16-7-9-17(10-8-16)26-18-11-13-22(14-12-18)21(23)15-25-20-6-4-3-5-19(20)24-2/h3-10,18H,11-15H2,1-2H3. The fraction of sp³-hybridized carbons (Fsp3) is 0.381. The van der Waals surface area contributed by atoms with Gasteiger partial charge in [0.1, 0.15) is 11.9 Å². The molecule has 0 N–H and O–H groups in total. The van der Waals surface area contributed by atoms with Gasteiger partial charge in [0.25, 0.3) is 5.91 Å². The Balaban J connectivity index is 1.45. The normalized spacial score (nSPS) is 14.8. The number of likely N-dealkylation sites (tertiary alicyclic amines) is 1. The van der Waals surface area contributed by atoms with Crippen LogP contribution in [0.5, 0.6) is 17.2 Å². The van der Waals surface area contributed by atoms with Crippen LogP contribution in [0.4, 0.5) is 0 Å². The van der Waals surface area contributed by atoms with Crippen LogP contribution in [0, 0.1) is 6.92 Å². The quantitative estimate of drug-likeness (QED) is 0.796. The number of aryl methyl sites for hydroxylation is 1. The van der Waals surface area contributed by atoms with Crippen LogP contribution in [0.25, 0.3) is 0 Å². The minimum atomic E-state index is -0.00954. The summed E-state index contributed by atoms with van der Waals surface area (Å²) >= 11 is 0. The molecule has 5 heteroatoms. The number of piperidine rings is 1. The number of para-hydroxylation sites is 2. The second-order valence-electron chi connectivity index (χ2n) is 6.45. The number of nitrogens with zero attached hydrogens (tertiary/aromatic N) is 1. The lowest BCUT2D eigenvalue weighted by atomic mass is 10.1. The van der Waals surface area contributed by atoms with Crippen molar-refractivity contribution in [3.63, 3.8) is 0 Å². The molecule has 0 radical (unpaired) electrons. The van der Waals surface area contributed by atoms with Crippen molar-refractivity contribution in [1.82, 2.24) is 4.90 Å². The Morgan fingerprint density at radius 3 is 2.35 bits per heavy atom. The Hall–Kier alpha value is -2.69. The molecule has 0 saturated carbocycles. The van der Waals surface area contributed by atoms with Crippen molar-refractivity contribution in [2.24, 2.45) is 0 Å². The fourth-order valence-electron chi connectivity index (χ4n) is 3.00. The number of carbonyl (C=O) groups excluding carboxylic acids is 1. The van der Waals surface area contributed by atoms with Crippen molar-refractivity contribution in [3.8, 4) is 17.2 Å². The molecular weight excluding hydrogens is 330 g/mol. The highest BCUT2D eigenvalue weighted by Crippen LogP contribution is 2.26. The number of benzene rings is 2. The van der Waals surface area contributed by atoms with Crippen molar-refractivity contribution in [1.29, 1.82) is 0 Å². The molecule has 138 valence electrons. The van der Waals surface area contributed by atoms with Gasteiger partial charge in [-0.15, -0.1) is 0 Å². The molecule has 1 aliphatic rings. The lowest BCUT2D eigenvalue weighted by Gasteiger charge is -2.32. The van der Waals surface area contributed by atoms with Crippen molar-refractivity contribution in [3.05, 3.63) is 54.1 Å². The summed E-state index contributed by atoms with van der Waals surface area (Å²) in [6.07, 6.45) is 1.81. The molecule has 5 nitrogen and oxygen atoms in total. The first kappa shape index (κ1) is 18.1. The average Bonchev–Trinajstić information content (AvgIpc) is 2.68. The van der Waals surface area contributed by atoms with Crippen LogP contribution in [0.1, 0.15) is 18.4 Å². The predicted octanol–water partition coefficient (Wildman–Crippen LogP) is 3.45. The summed E-state index contributed by atoms with van der Waals surface area (Å²) in [6, 6.07) is 15.4. The van der Waals surface area contributed by atoms with Gasteiger partial charge in [0.05, 0.1) is 7.11 Å². The Morgan fingerprint density at radius 1 is 1.04 bits per heavy atom. The first-order valence-corrected chi connectivity index (χ1v) is 8.92. The second-order valence-corrected chi connectivity index (χ2v) is 6.45. The summed E-state index contributed by atoms with van der Waals surface area (Å²) in [4.78, 5) is 14.2. The van der Waals surface area contributed by atoms with Gasteiger partial charge in [-0.2, -0.15) is 0 Å². The molecule has 3 rings (SSSR count). The smallest absolute Gasteiger partial charge is 0.260 e. The summed E-state index contributed by atoms with van der Waals surface area (Å²) in [5.74, 6) is 2.09.